The Morgan fingerprint density at radius 2 is 2.09 bits per heavy atom. The van der Waals surface area contributed by atoms with Gasteiger partial charge >= 0.3 is 5.28 Å². The van der Waals surface area contributed by atoms with Gasteiger partial charge in [-0.25, -0.2) is 13.5 Å². The van der Waals surface area contributed by atoms with Crippen molar-refractivity contribution in [3.8, 4) is 0 Å². The van der Waals surface area contributed by atoms with Crippen molar-refractivity contribution >= 4 is 28.5 Å². The summed E-state index contributed by atoms with van der Waals surface area (Å²) in [5.41, 5.74) is 0.723. The number of fused-ring (bicyclic) bond motifs is 1. The smallest absolute Gasteiger partial charge is 0.334 e. The zero-order chi connectivity index (χ0) is 16.0. The summed E-state index contributed by atoms with van der Waals surface area (Å²) in [6.07, 6.45) is 5.47. The Bertz CT molecular complexity index is 750. The van der Waals surface area contributed by atoms with Gasteiger partial charge < -0.3 is 4.90 Å². The number of aryl methyl sites for hydroxylation is 1. The Hall–Kier alpha value is -1.69. The van der Waals surface area contributed by atoms with E-state index in [9.17, 15) is 9.18 Å². The third-order valence-corrected chi connectivity index (χ3v) is 4.70. The lowest BCUT2D eigenvalue weighted by Gasteiger charge is -2.15. The highest BCUT2D eigenvalue weighted by Gasteiger charge is 2.36. The molecule has 1 amide bonds. The molecule has 1 saturated carbocycles. The molecule has 0 saturated heterocycles. The minimum absolute atomic E-state index is 0.103. The van der Waals surface area contributed by atoms with Gasteiger partial charge in [-0.15, -0.1) is 0 Å². The zero-order valence-electron chi connectivity index (χ0n) is 12.9. The van der Waals surface area contributed by atoms with Crippen molar-refractivity contribution in [2.75, 3.05) is 14.1 Å². The summed E-state index contributed by atoms with van der Waals surface area (Å²) >= 11 is 6.09. The molecule has 7 heteroatoms. The second-order valence-electron chi connectivity index (χ2n) is 5.99. The van der Waals surface area contributed by atoms with Crippen molar-refractivity contribution < 1.29 is 13.8 Å². The number of hydrogen-bond donors (Lipinski definition) is 0. The molecule has 1 aliphatic carbocycles. The summed E-state index contributed by atoms with van der Waals surface area (Å²) in [7, 11) is 5.00. The monoisotopic (exact) mass is 325 g/mol. The number of nitrogens with zero attached hydrogens (tertiary/aromatic N) is 4. The van der Waals surface area contributed by atoms with Gasteiger partial charge in [0.1, 0.15) is 11.6 Å². The van der Waals surface area contributed by atoms with Gasteiger partial charge in [0.05, 0.1) is 13.1 Å². The van der Waals surface area contributed by atoms with Crippen molar-refractivity contribution in [2.24, 2.45) is 7.05 Å². The molecule has 118 valence electrons. The standard InChI is InChI=1S/C15H19ClFN4O/c1-19(2)14(22)12-11(17)10-8-18-15(16)20(3)13(10)21(12)9-6-4-5-7-9/h8-9H,4-7H2,1-3H3/q+1. The largest absolute Gasteiger partial charge is 0.342 e. The normalized spacial score (nSPS) is 15.7. The van der Waals surface area contributed by atoms with E-state index in [0.29, 0.717) is 11.0 Å². The van der Waals surface area contributed by atoms with Crippen molar-refractivity contribution in [1.29, 1.82) is 0 Å². The maximum absolute atomic E-state index is 14.9. The van der Waals surface area contributed by atoms with Crippen molar-refractivity contribution in [3.63, 3.8) is 0 Å². The molecule has 0 atom stereocenters. The summed E-state index contributed by atoms with van der Waals surface area (Å²) in [4.78, 5) is 17.9. The predicted molar refractivity (Wildman–Crippen MR) is 81.4 cm³/mol. The first kappa shape index (κ1) is 15.2. The molecule has 5 nitrogen and oxygen atoms in total. The summed E-state index contributed by atoms with van der Waals surface area (Å²) in [6, 6.07) is 0.121. The fourth-order valence-electron chi connectivity index (χ4n) is 3.24. The van der Waals surface area contributed by atoms with Gasteiger partial charge in [0.2, 0.25) is 11.3 Å². The Labute approximate surface area is 133 Å². The van der Waals surface area contributed by atoms with Crippen LogP contribution in [0, 0.1) is 5.82 Å². The average molecular weight is 326 g/mol. The average Bonchev–Trinajstić information content (AvgIpc) is 3.08. The van der Waals surface area contributed by atoms with E-state index in [1.54, 1.807) is 25.7 Å². The summed E-state index contributed by atoms with van der Waals surface area (Å²) in [6.45, 7) is 0. The van der Waals surface area contributed by atoms with Crippen LogP contribution in [-0.2, 0) is 7.05 Å². The van der Waals surface area contributed by atoms with Gasteiger partial charge in [0, 0.05) is 14.1 Å². The third-order valence-electron chi connectivity index (χ3n) is 4.35. The van der Waals surface area contributed by atoms with Gasteiger partial charge in [-0.05, 0) is 37.3 Å². The van der Waals surface area contributed by atoms with E-state index in [4.69, 9.17) is 11.6 Å². The highest BCUT2D eigenvalue weighted by Crippen LogP contribution is 2.35. The zero-order valence-corrected chi connectivity index (χ0v) is 13.7. The van der Waals surface area contributed by atoms with Gasteiger partial charge in [0.25, 0.3) is 5.91 Å². The number of hydrogen-bond acceptors (Lipinski definition) is 2. The summed E-state index contributed by atoms with van der Waals surface area (Å²) < 4.78 is 18.4. The quantitative estimate of drug-likeness (QED) is 0.629. The molecule has 22 heavy (non-hydrogen) atoms. The van der Waals surface area contributed by atoms with Crippen LogP contribution in [0.1, 0.15) is 42.2 Å². The first-order chi connectivity index (χ1) is 10.4. The highest BCUT2D eigenvalue weighted by molar-refractivity contribution is 6.27. The molecule has 2 aromatic heterocycles. The number of aromatic nitrogens is 3. The molecular weight excluding hydrogens is 307 g/mol. The summed E-state index contributed by atoms with van der Waals surface area (Å²) in [5.74, 6) is -0.850. The number of rotatable bonds is 2. The minimum Gasteiger partial charge on any atom is -0.342 e. The van der Waals surface area contributed by atoms with Crippen LogP contribution in [0.3, 0.4) is 0 Å². The SMILES string of the molecule is CN(C)C(=O)c1c(F)c2cnc(Cl)[n+](C)c2n1C1CCCC1. The maximum Gasteiger partial charge on any atom is 0.334 e. The molecule has 0 spiro atoms. The van der Waals surface area contributed by atoms with E-state index in [1.165, 1.54) is 11.1 Å². The lowest BCUT2D eigenvalue weighted by molar-refractivity contribution is -0.648. The lowest BCUT2D eigenvalue weighted by Crippen LogP contribution is -2.35. The second-order valence-corrected chi connectivity index (χ2v) is 6.33. The first-order valence-electron chi connectivity index (χ1n) is 7.39. The molecular formula is C15H19ClFN4O+. The van der Waals surface area contributed by atoms with Crippen LogP contribution >= 0.6 is 11.6 Å². The van der Waals surface area contributed by atoms with Crippen LogP contribution in [-0.4, -0.2) is 34.5 Å². The van der Waals surface area contributed by atoms with Crippen LogP contribution in [0.15, 0.2) is 6.20 Å². The minimum atomic E-state index is -0.514. The summed E-state index contributed by atoms with van der Waals surface area (Å²) in [5, 5.41) is 0.608. The van der Waals surface area contributed by atoms with Crippen LogP contribution in [0.5, 0.6) is 0 Å². The van der Waals surface area contributed by atoms with Crippen LogP contribution in [0.2, 0.25) is 5.28 Å². The molecule has 0 N–H and O–H groups in total. The Morgan fingerprint density at radius 3 is 2.68 bits per heavy atom. The Kier molecular flexibility index (Phi) is 3.80. The molecule has 1 fully saturated rings. The molecule has 2 heterocycles. The van der Waals surface area contributed by atoms with Crippen molar-refractivity contribution in [3.05, 3.63) is 23.0 Å². The third kappa shape index (κ3) is 2.17. The van der Waals surface area contributed by atoms with Crippen LogP contribution in [0.4, 0.5) is 4.39 Å². The van der Waals surface area contributed by atoms with E-state index in [2.05, 4.69) is 4.98 Å². The van der Waals surface area contributed by atoms with Crippen LogP contribution in [0.25, 0.3) is 11.0 Å². The van der Waals surface area contributed by atoms with Gasteiger partial charge in [-0.1, -0.05) is 4.98 Å². The fraction of sp³-hybridized carbons (Fsp3) is 0.533. The highest BCUT2D eigenvalue weighted by atomic mass is 35.5. The molecule has 0 unspecified atom stereocenters. The predicted octanol–water partition coefficient (Wildman–Crippen LogP) is 2.47. The van der Waals surface area contributed by atoms with Gasteiger partial charge in [-0.2, -0.15) is 0 Å². The molecule has 3 rings (SSSR count). The van der Waals surface area contributed by atoms with E-state index < -0.39 is 5.82 Å². The van der Waals surface area contributed by atoms with Gasteiger partial charge in [-0.3, -0.25) is 4.79 Å². The number of carbonyl (C=O) groups is 1. The molecule has 0 radical (unpaired) electrons. The van der Waals surface area contributed by atoms with Gasteiger partial charge in [0.15, 0.2) is 5.82 Å². The first-order valence-corrected chi connectivity index (χ1v) is 7.76. The topological polar surface area (TPSA) is 42.0 Å². The molecule has 0 aromatic carbocycles. The Morgan fingerprint density at radius 1 is 1.45 bits per heavy atom. The molecule has 2 aromatic rings. The molecule has 0 aliphatic heterocycles. The number of carbonyl (C=O) groups excluding carboxylic acids is 1. The lowest BCUT2D eigenvalue weighted by atomic mass is 10.2. The number of halogens is 2. The van der Waals surface area contributed by atoms with E-state index >= 15 is 0 Å². The fourth-order valence-corrected chi connectivity index (χ4v) is 3.37. The second kappa shape index (κ2) is 5.50. The molecule has 0 bridgehead atoms. The number of amides is 1. The van der Waals surface area contributed by atoms with E-state index in [-0.39, 0.29) is 22.9 Å². The molecule has 1 aliphatic rings. The van der Waals surface area contributed by atoms with Crippen LogP contribution < -0.4 is 4.57 Å². The maximum atomic E-state index is 14.9. The Balaban J connectivity index is 2.37. The van der Waals surface area contributed by atoms with Crippen molar-refractivity contribution in [1.82, 2.24) is 14.5 Å². The van der Waals surface area contributed by atoms with Crippen molar-refractivity contribution in [2.45, 2.75) is 31.7 Å². The van der Waals surface area contributed by atoms with E-state index in [0.717, 1.165) is 25.7 Å². The van der Waals surface area contributed by atoms with E-state index in [1.807, 2.05) is 4.57 Å².